The van der Waals surface area contributed by atoms with Crippen molar-refractivity contribution in [2.24, 2.45) is 0 Å². The van der Waals surface area contributed by atoms with E-state index in [0.29, 0.717) is 15.7 Å². The molecule has 4 atom stereocenters. The van der Waals surface area contributed by atoms with Crippen molar-refractivity contribution in [3.63, 3.8) is 0 Å². The van der Waals surface area contributed by atoms with Gasteiger partial charge in [-0.15, -0.1) is 11.3 Å². The molecule has 0 unspecified atom stereocenters. The number of hydrogen-bond acceptors (Lipinski definition) is 7. The van der Waals surface area contributed by atoms with Crippen molar-refractivity contribution >= 4 is 34.5 Å². The second-order valence-electron chi connectivity index (χ2n) is 5.29. The molecule has 0 radical (unpaired) electrons. The summed E-state index contributed by atoms with van der Waals surface area (Å²) in [6.45, 7) is -0.413. The lowest BCUT2D eigenvalue weighted by Crippen LogP contribution is -2.32. The molecule has 1 aliphatic heterocycles. The Morgan fingerprint density at radius 3 is 2.62 bits per heavy atom. The summed E-state index contributed by atoms with van der Waals surface area (Å²) in [5, 5.41) is 34.0. The number of anilines is 1. The Morgan fingerprint density at radius 1 is 1.29 bits per heavy atom. The second-order valence-corrected chi connectivity index (χ2v) is 6.62. The molecule has 1 aromatic carbocycles. The molecular weight excluding hydrogens is 356 g/mol. The maximum absolute atomic E-state index is 12.2. The van der Waals surface area contributed by atoms with E-state index < -0.39 is 36.9 Å². The van der Waals surface area contributed by atoms with Crippen LogP contribution in [0, 0.1) is 0 Å². The number of aromatic nitrogens is 1. The van der Waals surface area contributed by atoms with Gasteiger partial charge < -0.3 is 25.4 Å². The molecule has 2 heterocycles. The normalized spacial score (nSPS) is 26.5. The SMILES string of the molecule is O=C(Nc1ccc(Cl)cc1)c1csc([C@@H]2O[C@H](CO)[C@@H](O)[C@H]2O)n1. The number of carbonyl (C=O) groups is 1. The predicted molar refractivity (Wildman–Crippen MR) is 88.2 cm³/mol. The van der Waals surface area contributed by atoms with Crippen LogP contribution in [0.25, 0.3) is 0 Å². The smallest absolute Gasteiger partial charge is 0.275 e. The summed E-state index contributed by atoms with van der Waals surface area (Å²) in [6.07, 6.45) is -4.16. The van der Waals surface area contributed by atoms with Crippen LogP contribution in [0.15, 0.2) is 29.6 Å². The number of benzene rings is 1. The molecule has 1 aromatic heterocycles. The number of rotatable bonds is 4. The van der Waals surface area contributed by atoms with Gasteiger partial charge in [0.2, 0.25) is 0 Å². The van der Waals surface area contributed by atoms with Crippen LogP contribution in [0.1, 0.15) is 21.6 Å². The van der Waals surface area contributed by atoms with Crippen LogP contribution in [-0.2, 0) is 4.74 Å². The minimum absolute atomic E-state index is 0.169. The highest BCUT2D eigenvalue weighted by Crippen LogP contribution is 2.35. The summed E-state index contributed by atoms with van der Waals surface area (Å²) in [5.41, 5.74) is 0.745. The molecule has 1 fully saturated rings. The zero-order valence-corrected chi connectivity index (χ0v) is 13.9. The summed E-state index contributed by atoms with van der Waals surface area (Å²) in [5.74, 6) is -0.411. The first-order valence-corrected chi connectivity index (χ1v) is 8.40. The summed E-state index contributed by atoms with van der Waals surface area (Å²) < 4.78 is 5.40. The number of ether oxygens (including phenoxy) is 1. The number of carbonyl (C=O) groups excluding carboxylic acids is 1. The Labute approximate surface area is 146 Å². The van der Waals surface area contributed by atoms with E-state index in [1.54, 1.807) is 24.3 Å². The lowest BCUT2D eigenvalue weighted by atomic mass is 10.1. The van der Waals surface area contributed by atoms with Gasteiger partial charge in [0.25, 0.3) is 5.91 Å². The minimum atomic E-state index is -1.21. The third kappa shape index (κ3) is 3.44. The molecule has 0 aliphatic carbocycles. The maximum Gasteiger partial charge on any atom is 0.275 e. The number of halogens is 1. The quantitative estimate of drug-likeness (QED) is 0.643. The average molecular weight is 371 g/mol. The molecule has 1 amide bonds. The molecule has 4 N–H and O–H groups in total. The highest BCUT2D eigenvalue weighted by Gasteiger charge is 2.44. The number of hydrogen-bond donors (Lipinski definition) is 4. The van der Waals surface area contributed by atoms with Gasteiger partial charge in [0.1, 0.15) is 35.1 Å². The van der Waals surface area contributed by atoms with Gasteiger partial charge in [0, 0.05) is 16.1 Å². The molecule has 0 saturated carbocycles. The molecule has 24 heavy (non-hydrogen) atoms. The third-order valence-electron chi connectivity index (χ3n) is 3.64. The van der Waals surface area contributed by atoms with Crippen molar-refractivity contribution in [2.75, 3.05) is 11.9 Å². The monoisotopic (exact) mass is 370 g/mol. The number of nitrogens with one attached hydrogen (secondary N) is 1. The predicted octanol–water partition coefficient (Wildman–Crippen LogP) is 1.20. The van der Waals surface area contributed by atoms with E-state index in [1.807, 2.05) is 0 Å². The molecular formula is C15H15ClN2O5S. The maximum atomic E-state index is 12.2. The number of thiazole rings is 1. The van der Waals surface area contributed by atoms with Gasteiger partial charge in [-0.25, -0.2) is 4.98 Å². The Kier molecular flexibility index (Phi) is 5.14. The van der Waals surface area contributed by atoms with Crippen molar-refractivity contribution in [3.8, 4) is 0 Å². The van der Waals surface area contributed by atoms with Crippen LogP contribution in [-0.4, -0.2) is 51.1 Å². The Bertz CT molecular complexity index is 723. The zero-order valence-electron chi connectivity index (χ0n) is 12.3. The van der Waals surface area contributed by atoms with Crippen molar-refractivity contribution in [3.05, 3.63) is 45.4 Å². The summed E-state index contributed by atoms with van der Waals surface area (Å²) >= 11 is 6.93. The van der Waals surface area contributed by atoms with Gasteiger partial charge in [0.05, 0.1) is 6.61 Å². The van der Waals surface area contributed by atoms with Gasteiger partial charge in [0.15, 0.2) is 0 Å². The minimum Gasteiger partial charge on any atom is -0.394 e. The molecule has 7 nitrogen and oxygen atoms in total. The van der Waals surface area contributed by atoms with E-state index in [2.05, 4.69) is 10.3 Å². The molecule has 2 aromatic rings. The van der Waals surface area contributed by atoms with Gasteiger partial charge in [-0.3, -0.25) is 4.79 Å². The zero-order chi connectivity index (χ0) is 17.3. The van der Waals surface area contributed by atoms with E-state index in [0.717, 1.165) is 11.3 Å². The summed E-state index contributed by atoms with van der Waals surface area (Å²) in [6, 6.07) is 6.64. The van der Waals surface area contributed by atoms with Crippen LogP contribution in [0.5, 0.6) is 0 Å². The topological polar surface area (TPSA) is 112 Å². The highest BCUT2D eigenvalue weighted by molar-refractivity contribution is 7.09. The Balaban J connectivity index is 1.71. The van der Waals surface area contributed by atoms with E-state index >= 15 is 0 Å². The molecule has 1 saturated heterocycles. The van der Waals surface area contributed by atoms with Crippen molar-refractivity contribution in [1.82, 2.24) is 4.98 Å². The van der Waals surface area contributed by atoms with E-state index in [-0.39, 0.29) is 5.69 Å². The van der Waals surface area contributed by atoms with Gasteiger partial charge in [-0.1, -0.05) is 11.6 Å². The first-order chi connectivity index (χ1) is 11.5. The fourth-order valence-electron chi connectivity index (χ4n) is 2.35. The third-order valence-corrected chi connectivity index (χ3v) is 4.80. The van der Waals surface area contributed by atoms with Crippen molar-refractivity contribution in [2.45, 2.75) is 24.4 Å². The highest BCUT2D eigenvalue weighted by atomic mass is 35.5. The molecule has 0 spiro atoms. The van der Waals surface area contributed by atoms with Crippen LogP contribution < -0.4 is 5.32 Å². The van der Waals surface area contributed by atoms with Crippen molar-refractivity contribution in [1.29, 1.82) is 0 Å². The molecule has 0 bridgehead atoms. The number of aliphatic hydroxyl groups is 3. The standard InChI is InChI=1S/C15H15ClN2O5S/c16-7-1-3-8(4-2-7)17-14(22)9-6-24-15(18-9)13-12(21)11(20)10(5-19)23-13/h1-4,6,10-13,19-21H,5H2,(H,17,22)/t10-,11-,12-,13-/m1/s1. The van der Waals surface area contributed by atoms with Gasteiger partial charge >= 0.3 is 0 Å². The first-order valence-electron chi connectivity index (χ1n) is 7.14. The summed E-state index contributed by atoms with van der Waals surface area (Å²) in [4.78, 5) is 16.4. The lowest BCUT2D eigenvalue weighted by Gasteiger charge is -2.11. The largest absolute Gasteiger partial charge is 0.394 e. The van der Waals surface area contributed by atoms with Gasteiger partial charge in [-0.2, -0.15) is 0 Å². The fourth-order valence-corrected chi connectivity index (χ4v) is 3.35. The number of amides is 1. The van der Waals surface area contributed by atoms with Crippen molar-refractivity contribution < 1.29 is 24.9 Å². The van der Waals surface area contributed by atoms with E-state index in [4.69, 9.17) is 21.4 Å². The summed E-state index contributed by atoms with van der Waals surface area (Å²) in [7, 11) is 0. The van der Waals surface area contributed by atoms with Gasteiger partial charge in [-0.05, 0) is 24.3 Å². The molecule has 128 valence electrons. The molecule has 3 rings (SSSR count). The van der Waals surface area contributed by atoms with Crippen LogP contribution in [0.3, 0.4) is 0 Å². The van der Waals surface area contributed by atoms with E-state index in [9.17, 15) is 15.0 Å². The molecule has 1 aliphatic rings. The Hall–Kier alpha value is -1.55. The average Bonchev–Trinajstić information content (AvgIpc) is 3.16. The Morgan fingerprint density at radius 2 is 2.00 bits per heavy atom. The number of nitrogens with zero attached hydrogens (tertiary/aromatic N) is 1. The van der Waals surface area contributed by atoms with E-state index in [1.165, 1.54) is 5.38 Å². The fraction of sp³-hybridized carbons (Fsp3) is 0.333. The van der Waals surface area contributed by atoms with Crippen LogP contribution in [0.4, 0.5) is 5.69 Å². The second kappa shape index (κ2) is 7.14. The van der Waals surface area contributed by atoms with Crippen LogP contribution in [0.2, 0.25) is 5.02 Å². The first kappa shape index (κ1) is 17.3. The molecule has 9 heteroatoms. The lowest BCUT2D eigenvalue weighted by molar-refractivity contribution is -0.0228. The van der Waals surface area contributed by atoms with Crippen LogP contribution >= 0.6 is 22.9 Å². The number of aliphatic hydroxyl groups excluding tert-OH is 3.